The van der Waals surface area contributed by atoms with Crippen LogP contribution in [0.2, 0.25) is 0 Å². The third kappa shape index (κ3) is 6.33. The molecule has 2 atom stereocenters. The predicted molar refractivity (Wildman–Crippen MR) is 80.2 cm³/mol. The number of rotatable bonds is 6. The van der Waals surface area contributed by atoms with Crippen LogP contribution < -0.4 is 5.32 Å². The summed E-state index contributed by atoms with van der Waals surface area (Å²) in [6, 6.07) is 0.0212. The van der Waals surface area contributed by atoms with E-state index < -0.39 is 5.97 Å². The molecule has 0 radical (unpaired) electrons. The highest BCUT2D eigenvalue weighted by Crippen LogP contribution is 2.26. The Morgan fingerprint density at radius 3 is 2.62 bits per heavy atom. The standard InChI is InChI=1S/C15H28N2O4/c1-11-10-21-12(2)9-17(11)14(20)16-8-7-15(3,4)6-5-13(18)19/h11-12H,5-10H2,1-4H3,(H,16,20)(H,18,19). The Balaban J connectivity index is 2.33. The summed E-state index contributed by atoms with van der Waals surface area (Å²) in [6.07, 6.45) is 1.61. The Labute approximate surface area is 126 Å². The maximum Gasteiger partial charge on any atom is 0.317 e. The highest BCUT2D eigenvalue weighted by molar-refractivity contribution is 5.74. The van der Waals surface area contributed by atoms with Crippen molar-refractivity contribution in [2.45, 2.75) is 59.1 Å². The second kappa shape index (κ2) is 7.64. The molecule has 6 nitrogen and oxygen atoms in total. The molecule has 1 aliphatic rings. The number of urea groups is 1. The average molecular weight is 300 g/mol. The second-order valence-corrected chi connectivity index (χ2v) is 6.69. The number of hydrogen-bond acceptors (Lipinski definition) is 3. The van der Waals surface area contributed by atoms with Gasteiger partial charge in [-0.25, -0.2) is 4.79 Å². The van der Waals surface area contributed by atoms with Gasteiger partial charge in [-0.1, -0.05) is 13.8 Å². The van der Waals surface area contributed by atoms with Crippen LogP contribution in [0.4, 0.5) is 4.79 Å². The maximum absolute atomic E-state index is 12.2. The van der Waals surface area contributed by atoms with Crippen LogP contribution in [0.5, 0.6) is 0 Å². The topological polar surface area (TPSA) is 78.9 Å². The Kier molecular flexibility index (Phi) is 6.45. The van der Waals surface area contributed by atoms with E-state index in [2.05, 4.69) is 5.32 Å². The van der Waals surface area contributed by atoms with Crippen molar-refractivity contribution in [3.8, 4) is 0 Å². The molecular formula is C15H28N2O4. The van der Waals surface area contributed by atoms with Gasteiger partial charge in [-0.3, -0.25) is 4.79 Å². The number of hydrogen-bond donors (Lipinski definition) is 2. The molecule has 0 aromatic carbocycles. The van der Waals surface area contributed by atoms with E-state index in [4.69, 9.17) is 9.84 Å². The van der Waals surface area contributed by atoms with Gasteiger partial charge < -0.3 is 20.1 Å². The first kappa shape index (κ1) is 17.8. The zero-order valence-corrected chi connectivity index (χ0v) is 13.5. The second-order valence-electron chi connectivity index (χ2n) is 6.69. The average Bonchev–Trinajstić information content (AvgIpc) is 2.39. The van der Waals surface area contributed by atoms with Crippen molar-refractivity contribution in [2.24, 2.45) is 5.41 Å². The zero-order chi connectivity index (χ0) is 16.0. The summed E-state index contributed by atoms with van der Waals surface area (Å²) < 4.78 is 5.51. The number of carbonyl (C=O) groups excluding carboxylic acids is 1. The highest BCUT2D eigenvalue weighted by Gasteiger charge is 2.27. The first-order valence-corrected chi connectivity index (χ1v) is 7.59. The predicted octanol–water partition coefficient (Wildman–Crippen LogP) is 2.09. The molecule has 122 valence electrons. The fourth-order valence-electron chi connectivity index (χ4n) is 2.37. The molecule has 0 bridgehead atoms. The molecule has 6 heteroatoms. The number of carbonyl (C=O) groups is 2. The van der Waals surface area contributed by atoms with Crippen LogP contribution in [0.15, 0.2) is 0 Å². The molecule has 2 unspecified atom stereocenters. The van der Waals surface area contributed by atoms with Crippen molar-refractivity contribution in [1.29, 1.82) is 0 Å². The fraction of sp³-hybridized carbons (Fsp3) is 0.867. The van der Waals surface area contributed by atoms with Crippen LogP contribution in [0.3, 0.4) is 0 Å². The summed E-state index contributed by atoms with van der Waals surface area (Å²) in [6.45, 7) is 9.73. The third-order valence-corrected chi connectivity index (χ3v) is 3.96. The molecule has 0 aliphatic carbocycles. The fourth-order valence-corrected chi connectivity index (χ4v) is 2.37. The molecular weight excluding hydrogens is 272 g/mol. The van der Waals surface area contributed by atoms with Crippen LogP contribution in [0.25, 0.3) is 0 Å². The van der Waals surface area contributed by atoms with Crippen molar-refractivity contribution in [3.63, 3.8) is 0 Å². The van der Waals surface area contributed by atoms with Crippen LogP contribution in [-0.4, -0.2) is 53.8 Å². The zero-order valence-electron chi connectivity index (χ0n) is 13.5. The van der Waals surface area contributed by atoms with E-state index in [1.54, 1.807) is 4.90 Å². The normalized spacial score (nSPS) is 23.0. The van der Waals surface area contributed by atoms with Crippen LogP contribution >= 0.6 is 0 Å². The van der Waals surface area contributed by atoms with Gasteiger partial charge in [-0.2, -0.15) is 0 Å². The van der Waals surface area contributed by atoms with Crippen LogP contribution in [0, 0.1) is 5.41 Å². The highest BCUT2D eigenvalue weighted by atomic mass is 16.5. The van der Waals surface area contributed by atoms with E-state index in [0.29, 0.717) is 26.1 Å². The van der Waals surface area contributed by atoms with Crippen molar-refractivity contribution in [1.82, 2.24) is 10.2 Å². The molecule has 1 saturated heterocycles. The van der Waals surface area contributed by atoms with Gasteiger partial charge in [-0.15, -0.1) is 0 Å². The number of nitrogens with one attached hydrogen (secondary N) is 1. The third-order valence-electron chi connectivity index (χ3n) is 3.96. The Morgan fingerprint density at radius 1 is 1.33 bits per heavy atom. The summed E-state index contributed by atoms with van der Waals surface area (Å²) in [4.78, 5) is 24.6. The largest absolute Gasteiger partial charge is 0.481 e. The number of morpholine rings is 1. The maximum atomic E-state index is 12.2. The lowest BCUT2D eigenvalue weighted by molar-refractivity contribution is -0.137. The molecule has 1 aliphatic heterocycles. The number of carboxylic acids is 1. The van der Waals surface area contributed by atoms with Crippen molar-refractivity contribution in [2.75, 3.05) is 19.7 Å². The summed E-state index contributed by atoms with van der Waals surface area (Å²) in [5, 5.41) is 11.7. The van der Waals surface area contributed by atoms with E-state index in [9.17, 15) is 9.59 Å². The molecule has 2 amide bonds. The van der Waals surface area contributed by atoms with E-state index in [-0.39, 0.29) is 30.0 Å². The van der Waals surface area contributed by atoms with Crippen molar-refractivity contribution in [3.05, 3.63) is 0 Å². The summed E-state index contributed by atoms with van der Waals surface area (Å²) >= 11 is 0. The molecule has 0 saturated carbocycles. The molecule has 0 aromatic rings. The van der Waals surface area contributed by atoms with Gasteiger partial charge in [0, 0.05) is 19.5 Å². The SMILES string of the molecule is CC1CN(C(=O)NCCC(C)(C)CCC(=O)O)C(C)CO1. The first-order valence-electron chi connectivity index (χ1n) is 7.59. The number of aliphatic carboxylic acids is 1. The molecule has 0 aromatic heterocycles. The van der Waals surface area contributed by atoms with E-state index in [1.807, 2.05) is 27.7 Å². The molecule has 2 N–H and O–H groups in total. The van der Waals surface area contributed by atoms with Gasteiger partial charge in [0.05, 0.1) is 18.8 Å². The van der Waals surface area contributed by atoms with E-state index >= 15 is 0 Å². The monoisotopic (exact) mass is 300 g/mol. The lowest BCUT2D eigenvalue weighted by atomic mass is 9.84. The lowest BCUT2D eigenvalue weighted by Gasteiger charge is -2.37. The smallest absolute Gasteiger partial charge is 0.317 e. The molecule has 21 heavy (non-hydrogen) atoms. The molecule has 1 fully saturated rings. The number of nitrogens with zero attached hydrogens (tertiary/aromatic N) is 1. The summed E-state index contributed by atoms with van der Waals surface area (Å²) in [7, 11) is 0. The number of amides is 2. The van der Waals surface area contributed by atoms with E-state index in [0.717, 1.165) is 6.42 Å². The van der Waals surface area contributed by atoms with Crippen molar-refractivity contribution >= 4 is 12.0 Å². The van der Waals surface area contributed by atoms with Crippen LogP contribution in [0.1, 0.15) is 47.0 Å². The van der Waals surface area contributed by atoms with Crippen molar-refractivity contribution < 1.29 is 19.4 Å². The Bertz CT molecular complexity index is 371. The van der Waals surface area contributed by atoms with E-state index in [1.165, 1.54) is 0 Å². The van der Waals surface area contributed by atoms with Gasteiger partial charge in [0.1, 0.15) is 0 Å². The van der Waals surface area contributed by atoms with Crippen LogP contribution in [-0.2, 0) is 9.53 Å². The summed E-state index contributed by atoms with van der Waals surface area (Å²) in [5.74, 6) is -0.775. The lowest BCUT2D eigenvalue weighted by Crippen LogP contribution is -2.53. The summed E-state index contributed by atoms with van der Waals surface area (Å²) in [5.41, 5.74) is -0.0877. The quantitative estimate of drug-likeness (QED) is 0.787. The molecule has 0 spiro atoms. The number of carboxylic acid groups (broad SMARTS) is 1. The number of ether oxygens (including phenoxy) is 1. The molecule has 1 heterocycles. The molecule has 1 rings (SSSR count). The van der Waals surface area contributed by atoms with Gasteiger partial charge in [0.25, 0.3) is 0 Å². The minimum absolute atomic E-state index is 0.0633. The van der Waals surface area contributed by atoms with Gasteiger partial charge in [0.2, 0.25) is 0 Å². The minimum atomic E-state index is -0.775. The van der Waals surface area contributed by atoms with Gasteiger partial charge in [0.15, 0.2) is 0 Å². The Hall–Kier alpha value is -1.30. The first-order chi connectivity index (χ1) is 9.71. The van der Waals surface area contributed by atoms with Gasteiger partial charge in [-0.05, 0) is 32.1 Å². The minimum Gasteiger partial charge on any atom is -0.481 e. The van der Waals surface area contributed by atoms with Gasteiger partial charge >= 0.3 is 12.0 Å². The Morgan fingerprint density at radius 2 is 2.00 bits per heavy atom.